The fourth-order valence-electron chi connectivity index (χ4n) is 1.69. The summed E-state index contributed by atoms with van der Waals surface area (Å²) in [6.07, 6.45) is 9.73. The van der Waals surface area contributed by atoms with Gasteiger partial charge in [0.15, 0.2) is 0 Å². The molecule has 1 unspecified atom stereocenters. The van der Waals surface area contributed by atoms with Gasteiger partial charge in [0.25, 0.3) is 0 Å². The molecule has 0 aromatic heterocycles. The first-order valence-electron chi connectivity index (χ1n) is 7.00. The van der Waals surface area contributed by atoms with Gasteiger partial charge in [-0.3, -0.25) is 9.59 Å². The first-order valence-corrected chi connectivity index (χ1v) is 7.00. The zero-order valence-corrected chi connectivity index (χ0v) is 12.6. The van der Waals surface area contributed by atoms with E-state index in [0.717, 1.165) is 19.3 Å². The fourth-order valence-corrected chi connectivity index (χ4v) is 1.69. The zero-order valence-electron chi connectivity index (χ0n) is 12.6. The predicted octanol–water partition coefficient (Wildman–Crippen LogP) is 3.84. The van der Waals surface area contributed by atoms with Crippen molar-refractivity contribution in [2.75, 3.05) is 6.61 Å². The Bertz CT molecular complexity index is 340. The highest BCUT2D eigenvalue weighted by atomic mass is 16.5. The normalized spacial score (nSPS) is 13.6. The van der Waals surface area contributed by atoms with Crippen LogP contribution in [0, 0.1) is 5.92 Å². The third-order valence-electron chi connectivity index (χ3n) is 2.87. The van der Waals surface area contributed by atoms with Crippen LogP contribution in [0.2, 0.25) is 0 Å². The van der Waals surface area contributed by atoms with E-state index < -0.39 is 11.9 Å². The maximum Gasteiger partial charge on any atom is 0.316 e. The summed E-state index contributed by atoms with van der Waals surface area (Å²) < 4.78 is 4.91. The van der Waals surface area contributed by atoms with E-state index in [9.17, 15) is 9.59 Å². The molecule has 0 aliphatic heterocycles. The minimum absolute atomic E-state index is 0.131. The molecule has 19 heavy (non-hydrogen) atoms. The van der Waals surface area contributed by atoms with Crippen molar-refractivity contribution < 1.29 is 14.3 Å². The summed E-state index contributed by atoms with van der Waals surface area (Å²) in [5.41, 5.74) is 1.20. The second-order valence-corrected chi connectivity index (χ2v) is 4.62. The quantitative estimate of drug-likeness (QED) is 0.362. The first kappa shape index (κ1) is 17.6. The number of rotatable bonds is 9. The van der Waals surface area contributed by atoms with Crippen molar-refractivity contribution in [2.45, 2.75) is 53.4 Å². The van der Waals surface area contributed by atoms with E-state index in [4.69, 9.17) is 4.74 Å². The molecule has 0 fully saturated rings. The standard InChI is InChI=1S/C16H26O3/c1-5-7-8-9-10-13(3)11-12-15(14(4)17)16(18)19-6-2/h7-8,11,15H,5-6,9-10,12H2,1-4H3/b8-7+,13-11+. The molecule has 0 saturated carbocycles. The molecule has 0 saturated heterocycles. The number of Topliss-reactive ketones (excluding diaryl/α,β-unsaturated/α-hetero) is 1. The smallest absolute Gasteiger partial charge is 0.316 e. The van der Waals surface area contributed by atoms with Gasteiger partial charge in [-0.05, 0) is 46.5 Å². The maximum absolute atomic E-state index is 11.6. The molecular weight excluding hydrogens is 240 g/mol. The van der Waals surface area contributed by atoms with E-state index in [2.05, 4.69) is 19.1 Å². The van der Waals surface area contributed by atoms with Gasteiger partial charge in [-0.25, -0.2) is 0 Å². The van der Waals surface area contributed by atoms with Crippen molar-refractivity contribution in [3.8, 4) is 0 Å². The number of carbonyl (C=O) groups is 2. The molecule has 3 heteroatoms. The molecule has 1 atom stereocenters. The topological polar surface area (TPSA) is 43.4 Å². The molecule has 0 radical (unpaired) electrons. The van der Waals surface area contributed by atoms with Crippen LogP contribution in [0.5, 0.6) is 0 Å². The summed E-state index contributed by atoms with van der Waals surface area (Å²) in [6.45, 7) is 7.64. The lowest BCUT2D eigenvalue weighted by Crippen LogP contribution is -2.23. The number of carbonyl (C=O) groups excluding carboxylic acids is 2. The highest BCUT2D eigenvalue weighted by Crippen LogP contribution is 2.13. The minimum atomic E-state index is -0.652. The van der Waals surface area contributed by atoms with Crippen LogP contribution in [0.1, 0.15) is 53.4 Å². The summed E-state index contributed by atoms with van der Waals surface area (Å²) in [5, 5.41) is 0. The Morgan fingerprint density at radius 2 is 1.84 bits per heavy atom. The molecular formula is C16H26O3. The van der Waals surface area contributed by atoms with E-state index in [-0.39, 0.29) is 5.78 Å². The monoisotopic (exact) mass is 266 g/mol. The number of hydrogen-bond acceptors (Lipinski definition) is 3. The van der Waals surface area contributed by atoms with Crippen LogP contribution in [0.25, 0.3) is 0 Å². The number of hydrogen-bond donors (Lipinski definition) is 0. The first-order chi connectivity index (χ1) is 9.02. The van der Waals surface area contributed by atoms with Crippen LogP contribution in [-0.2, 0) is 14.3 Å². The Balaban J connectivity index is 4.32. The third kappa shape index (κ3) is 8.36. The van der Waals surface area contributed by atoms with E-state index in [1.54, 1.807) is 6.92 Å². The summed E-state index contributed by atoms with van der Waals surface area (Å²) in [4.78, 5) is 23.0. The van der Waals surface area contributed by atoms with Crippen molar-refractivity contribution in [3.05, 3.63) is 23.8 Å². The van der Waals surface area contributed by atoms with Crippen molar-refractivity contribution in [1.82, 2.24) is 0 Å². The minimum Gasteiger partial charge on any atom is -0.465 e. The zero-order chi connectivity index (χ0) is 14.7. The predicted molar refractivity (Wildman–Crippen MR) is 77.8 cm³/mol. The van der Waals surface area contributed by atoms with Crippen LogP contribution in [0.4, 0.5) is 0 Å². The Labute approximate surface area is 116 Å². The second kappa shape index (κ2) is 10.5. The van der Waals surface area contributed by atoms with Crippen molar-refractivity contribution in [2.24, 2.45) is 5.92 Å². The Hall–Kier alpha value is -1.38. The van der Waals surface area contributed by atoms with Gasteiger partial charge in [0.05, 0.1) is 6.61 Å². The highest BCUT2D eigenvalue weighted by Gasteiger charge is 2.23. The van der Waals surface area contributed by atoms with Crippen molar-refractivity contribution >= 4 is 11.8 Å². The molecule has 0 amide bonds. The van der Waals surface area contributed by atoms with E-state index in [1.807, 2.05) is 13.0 Å². The molecule has 108 valence electrons. The summed E-state index contributed by atoms with van der Waals surface area (Å²) in [7, 11) is 0. The summed E-state index contributed by atoms with van der Waals surface area (Å²) >= 11 is 0. The molecule has 0 aromatic rings. The lowest BCUT2D eigenvalue weighted by Gasteiger charge is -2.10. The molecule has 0 aliphatic rings. The van der Waals surface area contributed by atoms with Gasteiger partial charge >= 0.3 is 5.97 Å². The maximum atomic E-state index is 11.6. The lowest BCUT2D eigenvalue weighted by molar-refractivity contribution is -0.150. The molecule has 3 nitrogen and oxygen atoms in total. The van der Waals surface area contributed by atoms with Crippen LogP contribution >= 0.6 is 0 Å². The summed E-state index contributed by atoms with van der Waals surface area (Å²) in [5.74, 6) is -1.20. The molecule has 0 aromatic carbocycles. The van der Waals surface area contributed by atoms with E-state index >= 15 is 0 Å². The Kier molecular flexibility index (Phi) is 9.77. The molecule has 0 aliphatic carbocycles. The van der Waals surface area contributed by atoms with Crippen LogP contribution in [-0.4, -0.2) is 18.4 Å². The fraction of sp³-hybridized carbons (Fsp3) is 0.625. The highest BCUT2D eigenvalue weighted by molar-refractivity contribution is 5.97. The van der Waals surface area contributed by atoms with Crippen LogP contribution in [0.15, 0.2) is 23.8 Å². The van der Waals surface area contributed by atoms with Crippen molar-refractivity contribution in [1.29, 1.82) is 0 Å². The third-order valence-corrected chi connectivity index (χ3v) is 2.87. The molecule has 0 rings (SSSR count). The Morgan fingerprint density at radius 1 is 1.16 bits per heavy atom. The SMILES string of the molecule is CC/C=C/CC/C(C)=C/CC(C(C)=O)C(=O)OCC. The molecule has 0 spiro atoms. The lowest BCUT2D eigenvalue weighted by atomic mass is 9.99. The number of esters is 1. The van der Waals surface area contributed by atoms with Gasteiger partial charge in [-0.2, -0.15) is 0 Å². The number of ketones is 1. The molecule has 0 heterocycles. The molecule has 0 bridgehead atoms. The second-order valence-electron chi connectivity index (χ2n) is 4.62. The summed E-state index contributed by atoms with van der Waals surface area (Å²) in [6, 6.07) is 0. The van der Waals surface area contributed by atoms with Crippen LogP contribution in [0.3, 0.4) is 0 Å². The van der Waals surface area contributed by atoms with E-state index in [1.165, 1.54) is 12.5 Å². The molecule has 0 N–H and O–H groups in total. The number of ether oxygens (including phenoxy) is 1. The van der Waals surface area contributed by atoms with Gasteiger partial charge in [0.2, 0.25) is 0 Å². The average molecular weight is 266 g/mol. The van der Waals surface area contributed by atoms with Crippen LogP contribution < -0.4 is 0 Å². The van der Waals surface area contributed by atoms with Gasteiger partial charge in [-0.15, -0.1) is 0 Å². The van der Waals surface area contributed by atoms with Crippen molar-refractivity contribution in [3.63, 3.8) is 0 Å². The van der Waals surface area contributed by atoms with Gasteiger partial charge in [-0.1, -0.05) is 30.7 Å². The number of allylic oxidation sites excluding steroid dienone is 4. The largest absolute Gasteiger partial charge is 0.465 e. The Morgan fingerprint density at radius 3 is 2.37 bits per heavy atom. The van der Waals surface area contributed by atoms with Gasteiger partial charge in [0.1, 0.15) is 11.7 Å². The average Bonchev–Trinajstić information content (AvgIpc) is 2.35. The van der Waals surface area contributed by atoms with Gasteiger partial charge < -0.3 is 4.74 Å². The van der Waals surface area contributed by atoms with Gasteiger partial charge in [0, 0.05) is 0 Å². The van der Waals surface area contributed by atoms with E-state index in [0.29, 0.717) is 13.0 Å².